The Labute approximate surface area is 151 Å². The summed E-state index contributed by atoms with van der Waals surface area (Å²) in [6.07, 6.45) is -4.95. The number of hydrogen-bond acceptors (Lipinski definition) is 6. The molecular weight excluding hydrogens is 368 g/mol. The molecule has 2 rings (SSSR count). The van der Waals surface area contributed by atoms with Gasteiger partial charge in [-0.15, -0.1) is 0 Å². The fourth-order valence-electron chi connectivity index (χ4n) is 2.31. The summed E-state index contributed by atoms with van der Waals surface area (Å²) in [4.78, 5) is 12.2. The molecule has 2 aromatic rings. The molecule has 10 heteroatoms. The molecule has 27 heavy (non-hydrogen) atoms. The molecule has 0 heterocycles. The van der Waals surface area contributed by atoms with E-state index in [1.165, 1.54) is 12.1 Å². The minimum atomic E-state index is -4.95. The quantitative estimate of drug-likeness (QED) is 0.187. The van der Waals surface area contributed by atoms with Crippen LogP contribution in [0.1, 0.15) is 11.1 Å². The van der Waals surface area contributed by atoms with Crippen LogP contribution in [0, 0.1) is 5.82 Å². The molecule has 0 aliphatic heterocycles. The number of halogens is 4. The summed E-state index contributed by atoms with van der Waals surface area (Å²) >= 11 is 0. The molecule has 0 aromatic heterocycles. The van der Waals surface area contributed by atoms with Gasteiger partial charge in [0.05, 0.1) is 29.7 Å². The second-order valence-electron chi connectivity index (χ2n) is 5.38. The van der Waals surface area contributed by atoms with Gasteiger partial charge >= 0.3 is 12.1 Å². The number of alkyl halides is 3. The van der Waals surface area contributed by atoms with Crippen LogP contribution in [0.3, 0.4) is 0 Å². The second-order valence-corrected chi connectivity index (χ2v) is 5.38. The minimum Gasteiger partial charge on any atom is -0.464 e. The Bertz CT molecular complexity index is 897. The summed E-state index contributed by atoms with van der Waals surface area (Å²) in [5, 5.41) is 0.799. The van der Waals surface area contributed by atoms with E-state index in [9.17, 15) is 22.4 Å². The molecule has 0 bridgehead atoms. The molecule has 6 N–H and O–H groups in total. The molecule has 0 unspecified atom stereocenters. The van der Waals surface area contributed by atoms with Crippen LogP contribution in [0.2, 0.25) is 0 Å². The first-order valence-electron chi connectivity index (χ1n) is 7.42. The average Bonchev–Trinajstić information content (AvgIpc) is 2.61. The highest BCUT2D eigenvalue weighted by molar-refractivity contribution is 6.01. The molecule has 0 amide bonds. The highest BCUT2D eigenvalue weighted by atomic mass is 19.4. The van der Waals surface area contributed by atoms with Gasteiger partial charge in [0.2, 0.25) is 0 Å². The number of para-hydroxylation sites is 2. The van der Waals surface area contributed by atoms with Gasteiger partial charge in [0.1, 0.15) is 5.82 Å². The van der Waals surface area contributed by atoms with E-state index in [4.69, 9.17) is 17.3 Å². The van der Waals surface area contributed by atoms with Gasteiger partial charge in [0.15, 0.2) is 5.70 Å². The first kappa shape index (κ1) is 20.0. The predicted octanol–water partition coefficient (Wildman–Crippen LogP) is 2.61. The SMILES string of the molecule is COC(=O)/C(=C(\N)c1ccc(F)c(C(F)(F)F)c1)N(N)c1ccccc1N. The summed E-state index contributed by atoms with van der Waals surface area (Å²) in [5.74, 6) is 3.43. The largest absolute Gasteiger partial charge is 0.464 e. The number of anilines is 2. The van der Waals surface area contributed by atoms with Crippen molar-refractivity contribution in [3.05, 3.63) is 65.1 Å². The van der Waals surface area contributed by atoms with Crippen molar-refractivity contribution < 1.29 is 27.1 Å². The van der Waals surface area contributed by atoms with Gasteiger partial charge in [-0.1, -0.05) is 12.1 Å². The molecule has 0 aliphatic carbocycles. The zero-order valence-electron chi connectivity index (χ0n) is 14.0. The Morgan fingerprint density at radius 1 is 1.15 bits per heavy atom. The van der Waals surface area contributed by atoms with Crippen LogP contribution < -0.4 is 22.3 Å². The number of carbonyl (C=O) groups is 1. The molecule has 0 atom stereocenters. The van der Waals surface area contributed by atoms with Gasteiger partial charge in [-0.3, -0.25) is 5.01 Å². The summed E-state index contributed by atoms with van der Waals surface area (Å²) < 4.78 is 57.0. The van der Waals surface area contributed by atoms with Gasteiger partial charge in [-0.05, 0) is 30.3 Å². The lowest BCUT2D eigenvalue weighted by molar-refractivity contribution is -0.140. The van der Waals surface area contributed by atoms with Crippen LogP contribution in [-0.2, 0) is 15.7 Å². The number of methoxy groups -OCH3 is 1. The Morgan fingerprint density at radius 2 is 1.78 bits per heavy atom. The van der Waals surface area contributed by atoms with E-state index in [0.29, 0.717) is 12.1 Å². The Kier molecular flexibility index (Phi) is 5.60. The van der Waals surface area contributed by atoms with Gasteiger partial charge in [0, 0.05) is 5.56 Å². The molecule has 0 saturated heterocycles. The number of hydrazine groups is 1. The van der Waals surface area contributed by atoms with E-state index < -0.39 is 34.9 Å². The van der Waals surface area contributed by atoms with E-state index in [2.05, 4.69) is 4.74 Å². The van der Waals surface area contributed by atoms with Crippen molar-refractivity contribution in [2.24, 2.45) is 11.6 Å². The van der Waals surface area contributed by atoms with E-state index >= 15 is 0 Å². The molecule has 6 nitrogen and oxygen atoms in total. The predicted molar refractivity (Wildman–Crippen MR) is 92.0 cm³/mol. The van der Waals surface area contributed by atoms with Gasteiger partial charge in [0.25, 0.3) is 0 Å². The summed E-state index contributed by atoms with van der Waals surface area (Å²) in [6, 6.07) is 8.24. The minimum absolute atomic E-state index is 0.166. The Hall–Kier alpha value is -3.27. The zero-order chi connectivity index (χ0) is 20.4. The number of nitrogens with two attached hydrogens (primary N) is 3. The fourth-order valence-corrected chi connectivity index (χ4v) is 2.31. The molecular formula is C17H16F4N4O2. The van der Waals surface area contributed by atoms with Crippen molar-refractivity contribution in [3.63, 3.8) is 0 Å². The smallest absolute Gasteiger partial charge is 0.419 e. The number of rotatable bonds is 4. The van der Waals surface area contributed by atoms with Gasteiger partial charge in [-0.25, -0.2) is 15.0 Å². The third-order valence-electron chi connectivity index (χ3n) is 3.65. The van der Waals surface area contributed by atoms with Crippen LogP contribution in [0.4, 0.5) is 28.9 Å². The fraction of sp³-hybridized carbons (Fsp3) is 0.118. The molecule has 144 valence electrons. The number of ether oxygens (including phenoxy) is 1. The van der Waals surface area contributed by atoms with Gasteiger partial charge in [-0.2, -0.15) is 13.2 Å². The zero-order valence-corrected chi connectivity index (χ0v) is 14.0. The van der Waals surface area contributed by atoms with E-state index in [-0.39, 0.29) is 16.9 Å². The standard InChI is InChI=1S/C17H16F4N4O2/c1-27-16(26)15(25(24)13-5-3-2-4-12(13)22)14(23)9-6-7-11(18)10(8-9)17(19,20)21/h2-8H,22-24H2,1H3/b15-14+. The van der Waals surface area contributed by atoms with E-state index in [0.717, 1.165) is 18.2 Å². The van der Waals surface area contributed by atoms with Crippen LogP contribution >= 0.6 is 0 Å². The Morgan fingerprint density at radius 3 is 2.33 bits per heavy atom. The first-order valence-corrected chi connectivity index (χ1v) is 7.42. The molecule has 0 radical (unpaired) electrons. The second kappa shape index (κ2) is 7.54. The monoisotopic (exact) mass is 384 g/mol. The third kappa shape index (κ3) is 4.11. The lowest BCUT2D eigenvalue weighted by atomic mass is 10.1. The molecule has 0 aliphatic rings. The van der Waals surface area contributed by atoms with Crippen molar-refractivity contribution in [1.82, 2.24) is 0 Å². The summed E-state index contributed by atoms with van der Waals surface area (Å²) in [7, 11) is 1.05. The topological polar surface area (TPSA) is 108 Å². The molecule has 0 fully saturated rings. The molecule has 2 aromatic carbocycles. The average molecular weight is 384 g/mol. The van der Waals surface area contributed by atoms with Crippen molar-refractivity contribution in [2.45, 2.75) is 6.18 Å². The lowest BCUT2D eigenvalue weighted by Crippen LogP contribution is -2.37. The van der Waals surface area contributed by atoms with E-state index in [1.54, 1.807) is 12.1 Å². The number of nitrogens with zero attached hydrogens (tertiary/aromatic N) is 1. The number of carbonyl (C=O) groups excluding carboxylic acids is 1. The number of nitrogen functional groups attached to an aromatic ring is 1. The van der Waals surface area contributed by atoms with Crippen molar-refractivity contribution in [2.75, 3.05) is 17.9 Å². The lowest BCUT2D eigenvalue weighted by Gasteiger charge is -2.23. The van der Waals surface area contributed by atoms with Crippen molar-refractivity contribution in [1.29, 1.82) is 0 Å². The van der Waals surface area contributed by atoms with E-state index in [1.807, 2.05) is 0 Å². The summed E-state index contributed by atoms with van der Waals surface area (Å²) in [6.45, 7) is 0. The Balaban J connectivity index is 2.66. The highest BCUT2D eigenvalue weighted by Gasteiger charge is 2.35. The summed E-state index contributed by atoms with van der Waals surface area (Å²) in [5.41, 5.74) is 9.34. The van der Waals surface area contributed by atoms with Gasteiger partial charge < -0.3 is 16.2 Å². The van der Waals surface area contributed by atoms with Crippen LogP contribution in [-0.4, -0.2) is 13.1 Å². The van der Waals surface area contributed by atoms with Crippen molar-refractivity contribution >= 4 is 23.0 Å². The highest BCUT2D eigenvalue weighted by Crippen LogP contribution is 2.34. The maximum Gasteiger partial charge on any atom is 0.419 e. The third-order valence-corrected chi connectivity index (χ3v) is 3.65. The first-order chi connectivity index (χ1) is 12.6. The number of esters is 1. The number of benzene rings is 2. The van der Waals surface area contributed by atoms with Crippen molar-refractivity contribution in [3.8, 4) is 0 Å². The number of hydrogen-bond donors (Lipinski definition) is 3. The maximum absolute atomic E-state index is 13.5. The maximum atomic E-state index is 13.5. The normalized spacial score (nSPS) is 12.4. The van der Waals surface area contributed by atoms with Crippen LogP contribution in [0.15, 0.2) is 48.2 Å². The molecule has 0 spiro atoms. The van der Waals surface area contributed by atoms with Crippen LogP contribution in [0.25, 0.3) is 5.70 Å². The van der Waals surface area contributed by atoms with Crippen LogP contribution in [0.5, 0.6) is 0 Å². The molecule has 0 saturated carbocycles.